The smallest absolute Gasteiger partial charge is 0.165 e. The van der Waals surface area contributed by atoms with Gasteiger partial charge in [0.25, 0.3) is 0 Å². The molecule has 2 aromatic heterocycles. The number of aromatic amines is 1. The Kier molecular flexibility index (Phi) is 5.10. The van der Waals surface area contributed by atoms with Crippen LogP contribution in [0.3, 0.4) is 0 Å². The van der Waals surface area contributed by atoms with E-state index in [9.17, 15) is 9.50 Å². The van der Waals surface area contributed by atoms with Gasteiger partial charge in [-0.1, -0.05) is 36.4 Å². The molecule has 0 bridgehead atoms. The number of hydrogen-bond acceptors (Lipinski definition) is 5. The molecule has 4 aromatic rings. The van der Waals surface area contributed by atoms with Crippen LogP contribution in [0.25, 0.3) is 22.3 Å². The minimum atomic E-state index is -0.735. The van der Waals surface area contributed by atoms with E-state index in [2.05, 4.69) is 38.5 Å². The number of aromatic hydroxyl groups is 1. The van der Waals surface area contributed by atoms with E-state index in [1.165, 1.54) is 18.5 Å². The van der Waals surface area contributed by atoms with Gasteiger partial charge >= 0.3 is 0 Å². The first kappa shape index (κ1) is 19.4. The molecule has 0 amide bonds. The Bertz CT molecular complexity index is 1190. The van der Waals surface area contributed by atoms with Crippen LogP contribution in [-0.4, -0.2) is 20.1 Å². The Morgan fingerprint density at radius 1 is 1.07 bits per heavy atom. The second kappa shape index (κ2) is 7.87. The largest absolute Gasteiger partial charge is 0.505 e. The fourth-order valence-electron chi connectivity index (χ4n) is 3.54. The van der Waals surface area contributed by atoms with Crippen molar-refractivity contribution in [3.63, 3.8) is 0 Å². The molecule has 4 rings (SSSR count). The van der Waals surface area contributed by atoms with Gasteiger partial charge in [0.1, 0.15) is 18.0 Å². The molecule has 7 heteroatoms. The lowest BCUT2D eigenvalue weighted by Crippen LogP contribution is -2.12. The molecule has 30 heavy (non-hydrogen) atoms. The topological polar surface area (TPSA) is 99.8 Å². The molecule has 152 valence electrons. The van der Waals surface area contributed by atoms with Crippen LogP contribution in [0.2, 0.25) is 0 Å². The summed E-state index contributed by atoms with van der Waals surface area (Å²) in [6.07, 6.45) is 1.36. The average Bonchev–Trinajstić information content (AvgIpc) is 3.13. The number of rotatable bonds is 5. The first-order valence-electron chi connectivity index (χ1n) is 9.55. The number of benzene rings is 2. The highest BCUT2D eigenvalue weighted by Gasteiger charge is 2.19. The number of aryl methyl sites for hydroxylation is 1. The Hall–Kier alpha value is -3.87. The highest BCUT2D eigenvalue weighted by atomic mass is 19.1. The van der Waals surface area contributed by atoms with Gasteiger partial charge in [0, 0.05) is 17.0 Å². The monoisotopic (exact) mass is 403 g/mol. The third-order valence-electron chi connectivity index (χ3n) is 4.97. The summed E-state index contributed by atoms with van der Waals surface area (Å²) in [5.74, 6) is -0.463. The van der Waals surface area contributed by atoms with Crippen LogP contribution in [0.1, 0.15) is 24.4 Å². The van der Waals surface area contributed by atoms with Gasteiger partial charge < -0.3 is 21.1 Å². The standard InChI is InChI=1S/C23H22FN5O/c1-13-10-17(15-6-4-3-5-7-15)21(28-13)14(2)29-23-20(22(25)26-12-27-23)16-8-9-19(30)18(24)11-16/h3-12,14,28,30H,1-2H3,(H3,25,26,27,29)/t14-/m0/s1. The summed E-state index contributed by atoms with van der Waals surface area (Å²) in [4.78, 5) is 11.8. The third kappa shape index (κ3) is 3.69. The number of phenols is 1. The van der Waals surface area contributed by atoms with E-state index in [1.807, 2.05) is 32.0 Å². The van der Waals surface area contributed by atoms with Crippen molar-refractivity contribution in [3.05, 3.63) is 78.1 Å². The van der Waals surface area contributed by atoms with Crippen molar-refractivity contribution in [2.24, 2.45) is 0 Å². The minimum absolute atomic E-state index is 0.149. The summed E-state index contributed by atoms with van der Waals surface area (Å²) in [5, 5.41) is 12.9. The van der Waals surface area contributed by atoms with E-state index in [1.54, 1.807) is 6.07 Å². The molecule has 0 spiro atoms. The first-order chi connectivity index (χ1) is 14.4. The van der Waals surface area contributed by atoms with E-state index < -0.39 is 11.6 Å². The number of nitrogens with two attached hydrogens (primary N) is 1. The second-order valence-corrected chi connectivity index (χ2v) is 7.16. The Labute approximate surface area is 173 Å². The van der Waals surface area contributed by atoms with E-state index in [4.69, 9.17) is 5.73 Å². The molecule has 2 aromatic carbocycles. The molecule has 2 heterocycles. The maximum absolute atomic E-state index is 13.9. The predicted octanol–water partition coefficient (Wildman–Crippen LogP) is 5.05. The summed E-state index contributed by atoms with van der Waals surface area (Å²) in [5.41, 5.74) is 11.3. The number of nitrogens with zero attached hydrogens (tertiary/aromatic N) is 2. The van der Waals surface area contributed by atoms with Gasteiger partial charge in [-0.05, 0) is 43.2 Å². The molecule has 0 radical (unpaired) electrons. The number of aromatic nitrogens is 3. The lowest BCUT2D eigenvalue weighted by Gasteiger charge is -2.19. The van der Waals surface area contributed by atoms with Crippen molar-refractivity contribution < 1.29 is 9.50 Å². The highest BCUT2D eigenvalue weighted by molar-refractivity contribution is 5.84. The second-order valence-electron chi connectivity index (χ2n) is 7.16. The van der Waals surface area contributed by atoms with Crippen LogP contribution in [-0.2, 0) is 0 Å². The van der Waals surface area contributed by atoms with Gasteiger partial charge in [0.05, 0.1) is 11.6 Å². The van der Waals surface area contributed by atoms with Crippen molar-refractivity contribution in [2.75, 3.05) is 11.1 Å². The van der Waals surface area contributed by atoms with E-state index >= 15 is 0 Å². The van der Waals surface area contributed by atoms with Crippen molar-refractivity contribution in [1.29, 1.82) is 0 Å². The van der Waals surface area contributed by atoms with Crippen molar-refractivity contribution >= 4 is 11.6 Å². The molecule has 0 unspecified atom stereocenters. The van der Waals surface area contributed by atoms with Gasteiger partial charge in [0.2, 0.25) is 0 Å². The maximum atomic E-state index is 13.9. The van der Waals surface area contributed by atoms with E-state index in [0.717, 1.165) is 22.5 Å². The number of anilines is 2. The van der Waals surface area contributed by atoms with Crippen LogP contribution in [0, 0.1) is 12.7 Å². The molecular weight excluding hydrogens is 381 g/mol. The molecule has 0 fully saturated rings. The zero-order valence-electron chi connectivity index (χ0n) is 16.6. The molecule has 0 saturated carbocycles. The minimum Gasteiger partial charge on any atom is -0.505 e. The first-order valence-corrected chi connectivity index (χ1v) is 9.55. The van der Waals surface area contributed by atoms with Crippen LogP contribution in [0.5, 0.6) is 5.75 Å². The number of hydrogen-bond donors (Lipinski definition) is 4. The summed E-state index contributed by atoms with van der Waals surface area (Å²) in [6.45, 7) is 4.02. The summed E-state index contributed by atoms with van der Waals surface area (Å²) in [6, 6.07) is 16.1. The number of H-pyrrole nitrogens is 1. The SMILES string of the molecule is Cc1cc(-c2ccccc2)c([C@H](C)Nc2ncnc(N)c2-c2ccc(O)c(F)c2)[nH]1. The Morgan fingerprint density at radius 2 is 1.83 bits per heavy atom. The molecule has 6 nitrogen and oxygen atoms in total. The Balaban J connectivity index is 1.73. The summed E-state index contributed by atoms with van der Waals surface area (Å²) in [7, 11) is 0. The lowest BCUT2D eigenvalue weighted by atomic mass is 10.0. The quantitative estimate of drug-likeness (QED) is 0.374. The predicted molar refractivity (Wildman–Crippen MR) is 117 cm³/mol. The molecule has 0 saturated heterocycles. The van der Waals surface area contributed by atoms with Gasteiger partial charge in [0.15, 0.2) is 11.6 Å². The van der Waals surface area contributed by atoms with Crippen LogP contribution in [0.4, 0.5) is 16.0 Å². The van der Waals surface area contributed by atoms with Gasteiger partial charge in [-0.2, -0.15) is 0 Å². The third-order valence-corrected chi connectivity index (χ3v) is 4.97. The van der Waals surface area contributed by atoms with Gasteiger partial charge in [-0.3, -0.25) is 0 Å². The lowest BCUT2D eigenvalue weighted by molar-refractivity contribution is 0.432. The molecule has 1 atom stereocenters. The van der Waals surface area contributed by atoms with Crippen LogP contribution >= 0.6 is 0 Å². The zero-order valence-corrected chi connectivity index (χ0v) is 16.6. The molecule has 0 aliphatic carbocycles. The van der Waals surface area contributed by atoms with Crippen LogP contribution < -0.4 is 11.1 Å². The molecule has 0 aliphatic rings. The number of nitrogens with one attached hydrogen (secondary N) is 2. The van der Waals surface area contributed by atoms with Crippen molar-refractivity contribution in [1.82, 2.24) is 15.0 Å². The summed E-state index contributed by atoms with van der Waals surface area (Å²) < 4.78 is 13.9. The van der Waals surface area contributed by atoms with Crippen molar-refractivity contribution in [2.45, 2.75) is 19.9 Å². The average molecular weight is 403 g/mol. The zero-order chi connectivity index (χ0) is 21.3. The fourth-order valence-corrected chi connectivity index (χ4v) is 3.54. The fraction of sp³-hybridized carbons (Fsp3) is 0.130. The van der Waals surface area contributed by atoms with Crippen LogP contribution in [0.15, 0.2) is 60.9 Å². The highest BCUT2D eigenvalue weighted by Crippen LogP contribution is 2.36. The molecule has 5 N–H and O–H groups in total. The molecule has 0 aliphatic heterocycles. The van der Waals surface area contributed by atoms with E-state index in [0.29, 0.717) is 16.9 Å². The number of nitrogen functional groups attached to an aromatic ring is 1. The van der Waals surface area contributed by atoms with Crippen molar-refractivity contribution in [3.8, 4) is 28.0 Å². The Morgan fingerprint density at radius 3 is 2.57 bits per heavy atom. The number of phenolic OH excluding ortho intramolecular Hbond substituents is 1. The van der Waals surface area contributed by atoms with E-state index in [-0.39, 0.29) is 11.9 Å². The normalized spacial score (nSPS) is 12.0. The number of halogens is 1. The molecular formula is C23H22FN5O. The maximum Gasteiger partial charge on any atom is 0.165 e. The van der Waals surface area contributed by atoms with Gasteiger partial charge in [-0.25, -0.2) is 14.4 Å². The summed E-state index contributed by atoms with van der Waals surface area (Å²) >= 11 is 0. The van der Waals surface area contributed by atoms with Gasteiger partial charge in [-0.15, -0.1) is 0 Å².